The van der Waals surface area contributed by atoms with Crippen molar-refractivity contribution in [2.75, 3.05) is 7.05 Å². The molecule has 1 N–H and O–H groups in total. The standard InChI is InChI=1S/C11H13BrN4/c1-8-3-4-10(5-11(8)12)16-7-9(6-13-2)14-15-16/h3-5,7,13H,6H2,1-2H3. The van der Waals surface area contributed by atoms with Gasteiger partial charge in [0.15, 0.2) is 0 Å². The van der Waals surface area contributed by atoms with Gasteiger partial charge < -0.3 is 5.32 Å². The van der Waals surface area contributed by atoms with Crippen molar-refractivity contribution in [2.45, 2.75) is 13.5 Å². The molecule has 0 saturated heterocycles. The quantitative estimate of drug-likeness (QED) is 0.936. The van der Waals surface area contributed by atoms with Crippen LogP contribution >= 0.6 is 15.9 Å². The lowest BCUT2D eigenvalue weighted by Gasteiger charge is -2.02. The molecule has 0 amide bonds. The van der Waals surface area contributed by atoms with E-state index in [2.05, 4.69) is 44.5 Å². The van der Waals surface area contributed by atoms with E-state index in [9.17, 15) is 0 Å². The summed E-state index contributed by atoms with van der Waals surface area (Å²) in [5, 5.41) is 11.2. The van der Waals surface area contributed by atoms with Crippen molar-refractivity contribution in [3.05, 3.63) is 40.1 Å². The fraction of sp³-hybridized carbons (Fsp3) is 0.273. The van der Waals surface area contributed by atoms with Gasteiger partial charge in [0.25, 0.3) is 0 Å². The summed E-state index contributed by atoms with van der Waals surface area (Å²) in [6.07, 6.45) is 1.92. The number of halogens is 1. The van der Waals surface area contributed by atoms with E-state index < -0.39 is 0 Å². The van der Waals surface area contributed by atoms with E-state index in [4.69, 9.17) is 0 Å². The molecule has 0 aliphatic rings. The highest BCUT2D eigenvalue weighted by atomic mass is 79.9. The fourth-order valence-electron chi connectivity index (χ4n) is 1.41. The zero-order valence-corrected chi connectivity index (χ0v) is 10.8. The topological polar surface area (TPSA) is 42.7 Å². The number of benzene rings is 1. The van der Waals surface area contributed by atoms with Crippen LogP contribution in [0.2, 0.25) is 0 Å². The van der Waals surface area contributed by atoms with Gasteiger partial charge in [0, 0.05) is 11.0 Å². The Morgan fingerprint density at radius 3 is 2.94 bits per heavy atom. The van der Waals surface area contributed by atoms with Crippen molar-refractivity contribution in [1.82, 2.24) is 20.3 Å². The van der Waals surface area contributed by atoms with Crippen LogP contribution in [0.1, 0.15) is 11.3 Å². The Hall–Kier alpha value is -1.20. The Labute approximate surface area is 103 Å². The monoisotopic (exact) mass is 280 g/mol. The number of nitrogens with zero attached hydrogens (tertiary/aromatic N) is 3. The van der Waals surface area contributed by atoms with Gasteiger partial charge >= 0.3 is 0 Å². The normalized spacial score (nSPS) is 10.7. The first-order chi connectivity index (χ1) is 7.70. The minimum absolute atomic E-state index is 0.729. The lowest BCUT2D eigenvalue weighted by molar-refractivity contribution is 0.767. The van der Waals surface area contributed by atoms with Crippen LogP contribution in [0.25, 0.3) is 5.69 Å². The minimum atomic E-state index is 0.729. The molecule has 5 heteroatoms. The number of hydrogen-bond donors (Lipinski definition) is 1. The van der Waals surface area contributed by atoms with Crippen molar-refractivity contribution in [3.8, 4) is 5.69 Å². The number of hydrogen-bond acceptors (Lipinski definition) is 3. The lowest BCUT2D eigenvalue weighted by atomic mass is 10.2. The van der Waals surface area contributed by atoms with E-state index in [-0.39, 0.29) is 0 Å². The molecule has 2 rings (SSSR count). The molecular formula is C11H13BrN4. The van der Waals surface area contributed by atoms with Crippen LogP contribution in [0, 0.1) is 6.92 Å². The molecule has 1 aromatic carbocycles. The molecule has 0 atom stereocenters. The van der Waals surface area contributed by atoms with E-state index in [0.717, 1.165) is 22.4 Å². The molecular weight excluding hydrogens is 268 g/mol. The molecule has 16 heavy (non-hydrogen) atoms. The Balaban J connectivity index is 2.31. The van der Waals surface area contributed by atoms with Crippen LogP contribution in [0.4, 0.5) is 0 Å². The first-order valence-corrected chi connectivity index (χ1v) is 5.82. The number of nitrogens with one attached hydrogen (secondary N) is 1. The third-order valence-corrected chi connectivity index (χ3v) is 3.17. The maximum atomic E-state index is 4.08. The largest absolute Gasteiger partial charge is 0.314 e. The molecule has 1 heterocycles. The van der Waals surface area contributed by atoms with Gasteiger partial charge in [-0.3, -0.25) is 0 Å². The highest BCUT2D eigenvalue weighted by Crippen LogP contribution is 2.19. The summed E-state index contributed by atoms with van der Waals surface area (Å²) in [5.41, 5.74) is 3.14. The third kappa shape index (κ3) is 2.31. The molecule has 0 spiro atoms. The number of aromatic nitrogens is 3. The van der Waals surface area contributed by atoms with Crippen LogP contribution in [0.15, 0.2) is 28.9 Å². The van der Waals surface area contributed by atoms with E-state index in [0.29, 0.717) is 0 Å². The second-order valence-electron chi connectivity index (χ2n) is 3.62. The smallest absolute Gasteiger partial charge is 0.0969 e. The van der Waals surface area contributed by atoms with Crippen LogP contribution in [0.5, 0.6) is 0 Å². The van der Waals surface area contributed by atoms with Crippen LogP contribution in [-0.2, 0) is 6.54 Å². The van der Waals surface area contributed by atoms with E-state index in [1.807, 2.05) is 25.4 Å². The number of rotatable bonds is 3. The molecule has 84 valence electrons. The van der Waals surface area contributed by atoms with Crippen molar-refractivity contribution < 1.29 is 0 Å². The zero-order chi connectivity index (χ0) is 11.5. The first kappa shape index (κ1) is 11.3. The lowest BCUT2D eigenvalue weighted by Crippen LogP contribution is -2.04. The Morgan fingerprint density at radius 1 is 1.44 bits per heavy atom. The second-order valence-corrected chi connectivity index (χ2v) is 4.47. The molecule has 0 bridgehead atoms. The summed E-state index contributed by atoms with van der Waals surface area (Å²) in [5.74, 6) is 0. The van der Waals surface area contributed by atoms with Crippen molar-refractivity contribution in [2.24, 2.45) is 0 Å². The molecule has 0 unspecified atom stereocenters. The van der Waals surface area contributed by atoms with Crippen molar-refractivity contribution >= 4 is 15.9 Å². The Kier molecular flexibility index (Phi) is 3.36. The molecule has 1 aromatic heterocycles. The summed E-state index contributed by atoms with van der Waals surface area (Å²) in [7, 11) is 1.89. The van der Waals surface area contributed by atoms with E-state index in [1.54, 1.807) is 4.68 Å². The summed E-state index contributed by atoms with van der Waals surface area (Å²) in [4.78, 5) is 0. The van der Waals surface area contributed by atoms with Gasteiger partial charge in [-0.1, -0.05) is 27.2 Å². The summed E-state index contributed by atoms with van der Waals surface area (Å²) in [6.45, 7) is 2.79. The van der Waals surface area contributed by atoms with Gasteiger partial charge in [-0.2, -0.15) is 0 Å². The summed E-state index contributed by atoms with van der Waals surface area (Å²) in [6, 6.07) is 6.12. The van der Waals surface area contributed by atoms with Gasteiger partial charge in [0.1, 0.15) is 0 Å². The van der Waals surface area contributed by atoms with Gasteiger partial charge in [-0.15, -0.1) is 5.10 Å². The highest BCUT2D eigenvalue weighted by molar-refractivity contribution is 9.10. The second kappa shape index (κ2) is 4.76. The maximum Gasteiger partial charge on any atom is 0.0969 e. The maximum absolute atomic E-state index is 4.08. The van der Waals surface area contributed by atoms with Crippen LogP contribution in [0.3, 0.4) is 0 Å². The molecule has 0 fully saturated rings. The zero-order valence-electron chi connectivity index (χ0n) is 9.24. The molecule has 2 aromatic rings. The molecule has 0 aliphatic carbocycles. The predicted molar refractivity (Wildman–Crippen MR) is 66.6 cm³/mol. The van der Waals surface area contributed by atoms with Crippen molar-refractivity contribution in [1.29, 1.82) is 0 Å². The predicted octanol–water partition coefficient (Wildman–Crippen LogP) is 2.06. The number of aryl methyl sites for hydroxylation is 1. The van der Waals surface area contributed by atoms with Crippen molar-refractivity contribution in [3.63, 3.8) is 0 Å². The average molecular weight is 281 g/mol. The fourth-order valence-corrected chi connectivity index (χ4v) is 1.78. The summed E-state index contributed by atoms with van der Waals surface area (Å²) >= 11 is 3.51. The van der Waals surface area contributed by atoms with Crippen LogP contribution < -0.4 is 5.32 Å². The Morgan fingerprint density at radius 2 is 2.25 bits per heavy atom. The summed E-state index contributed by atoms with van der Waals surface area (Å²) < 4.78 is 2.85. The molecule has 0 aliphatic heterocycles. The third-order valence-electron chi connectivity index (χ3n) is 2.32. The van der Waals surface area contributed by atoms with Crippen LogP contribution in [-0.4, -0.2) is 22.0 Å². The average Bonchev–Trinajstić information content (AvgIpc) is 2.71. The molecule has 0 saturated carbocycles. The minimum Gasteiger partial charge on any atom is -0.314 e. The SMILES string of the molecule is CNCc1cn(-c2ccc(C)c(Br)c2)nn1. The van der Waals surface area contributed by atoms with Gasteiger partial charge in [0.05, 0.1) is 17.6 Å². The van der Waals surface area contributed by atoms with Gasteiger partial charge in [-0.25, -0.2) is 4.68 Å². The first-order valence-electron chi connectivity index (χ1n) is 5.03. The van der Waals surface area contributed by atoms with Gasteiger partial charge in [-0.05, 0) is 31.7 Å². The Bertz CT molecular complexity index is 492. The molecule has 0 radical (unpaired) electrons. The van der Waals surface area contributed by atoms with E-state index >= 15 is 0 Å². The highest BCUT2D eigenvalue weighted by Gasteiger charge is 2.03. The van der Waals surface area contributed by atoms with E-state index in [1.165, 1.54) is 5.56 Å². The molecule has 4 nitrogen and oxygen atoms in total. The van der Waals surface area contributed by atoms with Gasteiger partial charge in [0.2, 0.25) is 0 Å².